The molecule has 0 radical (unpaired) electrons. The SMILES string of the molecule is CC1CC(C)CN(C(=O)c2ccc(C=C3Sc4ccccc4N(Cc4ccccc4F)C3=O)cc2)C1. The zero-order chi connectivity index (χ0) is 25.2. The largest absolute Gasteiger partial charge is 0.338 e. The van der Waals surface area contributed by atoms with E-state index in [2.05, 4.69) is 13.8 Å². The van der Waals surface area contributed by atoms with E-state index in [0.717, 1.165) is 35.7 Å². The third kappa shape index (κ3) is 5.09. The summed E-state index contributed by atoms with van der Waals surface area (Å²) < 4.78 is 14.4. The van der Waals surface area contributed by atoms with Gasteiger partial charge in [0, 0.05) is 29.1 Å². The Labute approximate surface area is 215 Å². The van der Waals surface area contributed by atoms with E-state index in [1.807, 2.05) is 59.5 Å². The lowest BCUT2D eigenvalue weighted by Gasteiger charge is -2.35. The number of anilines is 1. The smallest absolute Gasteiger partial charge is 0.265 e. The van der Waals surface area contributed by atoms with Crippen LogP contribution >= 0.6 is 11.8 Å². The van der Waals surface area contributed by atoms with E-state index in [0.29, 0.717) is 27.9 Å². The van der Waals surface area contributed by atoms with Crippen molar-refractivity contribution in [2.75, 3.05) is 18.0 Å². The first-order valence-corrected chi connectivity index (χ1v) is 13.1. The van der Waals surface area contributed by atoms with Crippen LogP contribution in [0.5, 0.6) is 0 Å². The van der Waals surface area contributed by atoms with Crippen LogP contribution in [0.4, 0.5) is 10.1 Å². The van der Waals surface area contributed by atoms with Crippen LogP contribution in [0.2, 0.25) is 0 Å². The number of thioether (sulfide) groups is 1. The van der Waals surface area contributed by atoms with E-state index in [4.69, 9.17) is 0 Å². The highest BCUT2D eigenvalue weighted by atomic mass is 32.2. The number of halogens is 1. The van der Waals surface area contributed by atoms with Crippen LogP contribution < -0.4 is 4.90 Å². The van der Waals surface area contributed by atoms with E-state index in [1.54, 1.807) is 23.1 Å². The molecule has 0 N–H and O–H groups in total. The molecule has 2 heterocycles. The van der Waals surface area contributed by atoms with Gasteiger partial charge in [0.25, 0.3) is 11.8 Å². The predicted molar refractivity (Wildman–Crippen MR) is 143 cm³/mol. The van der Waals surface area contributed by atoms with Gasteiger partial charge in [-0.05, 0) is 60.2 Å². The molecular weight excluding hydrogens is 471 g/mol. The minimum atomic E-state index is -0.329. The Morgan fingerprint density at radius 2 is 1.64 bits per heavy atom. The van der Waals surface area contributed by atoms with Gasteiger partial charge in [0.05, 0.1) is 17.1 Å². The summed E-state index contributed by atoms with van der Waals surface area (Å²) in [4.78, 5) is 31.6. The monoisotopic (exact) mass is 500 g/mol. The molecule has 1 saturated heterocycles. The third-order valence-corrected chi connectivity index (χ3v) is 7.81. The van der Waals surface area contributed by atoms with Gasteiger partial charge in [-0.3, -0.25) is 9.59 Å². The van der Waals surface area contributed by atoms with Crippen molar-refractivity contribution in [1.29, 1.82) is 0 Å². The molecule has 0 saturated carbocycles. The molecule has 0 aliphatic carbocycles. The highest BCUT2D eigenvalue weighted by molar-refractivity contribution is 8.04. The van der Waals surface area contributed by atoms with Crippen LogP contribution in [0.1, 0.15) is 41.8 Å². The first-order valence-electron chi connectivity index (χ1n) is 12.3. The molecule has 0 spiro atoms. The van der Waals surface area contributed by atoms with E-state index in [1.165, 1.54) is 17.8 Å². The lowest BCUT2D eigenvalue weighted by atomic mass is 9.91. The lowest BCUT2D eigenvalue weighted by Crippen LogP contribution is -2.42. The second kappa shape index (κ2) is 10.3. The molecular formula is C30H29FN2O2S. The molecule has 1 fully saturated rings. The van der Waals surface area contributed by atoms with Crippen molar-refractivity contribution >= 4 is 35.3 Å². The average molecular weight is 501 g/mol. The van der Waals surface area contributed by atoms with Crippen molar-refractivity contribution < 1.29 is 14.0 Å². The molecule has 184 valence electrons. The van der Waals surface area contributed by atoms with Gasteiger partial charge in [-0.2, -0.15) is 0 Å². The minimum absolute atomic E-state index is 0.0562. The van der Waals surface area contributed by atoms with Gasteiger partial charge in [-0.15, -0.1) is 0 Å². The number of piperidine rings is 1. The number of amides is 2. The van der Waals surface area contributed by atoms with Gasteiger partial charge in [0.1, 0.15) is 5.82 Å². The maximum absolute atomic E-state index is 14.4. The molecule has 5 rings (SSSR count). The van der Waals surface area contributed by atoms with Gasteiger partial charge in [-0.1, -0.05) is 68.1 Å². The summed E-state index contributed by atoms with van der Waals surface area (Å²) in [5.74, 6) is 0.570. The van der Waals surface area contributed by atoms with Crippen LogP contribution in [0.15, 0.2) is 82.6 Å². The summed E-state index contributed by atoms with van der Waals surface area (Å²) in [6.07, 6.45) is 3.00. The average Bonchev–Trinajstić information content (AvgIpc) is 2.87. The number of carbonyl (C=O) groups is 2. The Morgan fingerprint density at radius 3 is 2.36 bits per heavy atom. The number of carbonyl (C=O) groups excluding carboxylic acids is 2. The van der Waals surface area contributed by atoms with E-state index >= 15 is 0 Å². The van der Waals surface area contributed by atoms with E-state index < -0.39 is 0 Å². The number of fused-ring (bicyclic) bond motifs is 1. The Balaban J connectivity index is 1.39. The first-order chi connectivity index (χ1) is 17.4. The fourth-order valence-electron chi connectivity index (χ4n) is 5.10. The summed E-state index contributed by atoms with van der Waals surface area (Å²) in [5.41, 5.74) is 2.75. The zero-order valence-corrected chi connectivity index (χ0v) is 21.3. The second-order valence-corrected chi connectivity index (χ2v) is 10.9. The third-order valence-electron chi connectivity index (χ3n) is 6.73. The molecule has 0 aromatic heterocycles. The first kappa shape index (κ1) is 24.3. The van der Waals surface area contributed by atoms with Gasteiger partial charge in [-0.25, -0.2) is 4.39 Å². The summed E-state index contributed by atoms with van der Waals surface area (Å²) >= 11 is 1.41. The minimum Gasteiger partial charge on any atom is -0.338 e. The van der Waals surface area contributed by atoms with Gasteiger partial charge < -0.3 is 9.80 Å². The molecule has 36 heavy (non-hydrogen) atoms. The van der Waals surface area contributed by atoms with Crippen LogP contribution in [0.25, 0.3) is 6.08 Å². The van der Waals surface area contributed by atoms with E-state index in [-0.39, 0.29) is 24.2 Å². The molecule has 0 bridgehead atoms. The summed E-state index contributed by atoms with van der Waals surface area (Å²) in [7, 11) is 0. The van der Waals surface area contributed by atoms with Crippen LogP contribution in [-0.2, 0) is 11.3 Å². The highest BCUT2D eigenvalue weighted by Crippen LogP contribution is 2.42. The second-order valence-electron chi connectivity index (χ2n) is 9.84. The standard InChI is InChI=1S/C30H29FN2O2S/c1-20-15-21(2)18-32(17-20)29(34)23-13-11-22(12-14-23)16-28-30(35)33(19-24-7-3-4-8-25(24)31)26-9-5-6-10-27(26)36-28/h3-14,16,20-21H,15,17-19H2,1-2H3. The van der Waals surface area contributed by atoms with Crippen molar-refractivity contribution in [3.63, 3.8) is 0 Å². The Morgan fingerprint density at radius 1 is 0.972 bits per heavy atom. The van der Waals surface area contributed by atoms with Gasteiger partial charge in [0.15, 0.2) is 0 Å². The molecule has 2 amide bonds. The maximum atomic E-state index is 14.4. The Bertz CT molecular complexity index is 1310. The Hall–Kier alpha value is -3.38. The van der Waals surface area contributed by atoms with Crippen LogP contribution in [0, 0.1) is 17.7 Å². The topological polar surface area (TPSA) is 40.6 Å². The summed E-state index contributed by atoms with van der Waals surface area (Å²) in [6, 6.07) is 21.6. The van der Waals surface area contributed by atoms with Gasteiger partial charge >= 0.3 is 0 Å². The number of hydrogen-bond donors (Lipinski definition) is 0. The zero-order valence-electron chi connectivity index (χ0n) is 20.5. The Kier molecular flexibility index (Phi) is 6.97. The van der Waals surface area contributed by atoms with Crippen molar-refractivity contribution in [3.8, 4) is 0 Å². The highest BCUT2D eigenvalue weighted by Gasteiger charge is 2.30. The molecule has 6 heteroatoms. The predicted octanol–water partition coefficient (Wildman–Crippen LogP) is 6.62. The molecule has 4 nitrogen and oxygen atoms in total. The molecule has 3 aromatic rings. The van der Waals surface area contributed by atoms with Crippen molar-refractivity contribution in [2.45, 2.75) is 31.7 Å². The number of nitrogens with zero attached hydrogens (tertiary/aromatic N) is 2. The van der Waals surface area contributed by atoms with Gasteiger partial charge in [0.2, 0.25) is 0 Å². The molecule has 2 aliphatic rings. The summed E-state index contributed by atoms with van der Waals surface area (Å²) in [5, 5.41) is 0. The van der Waals surface area contributed by atoms with Crippen molar-refractivity contribution in [3.05, 3.63) is 100 Å². The number of para-hydroxylation sites is 1. The van der Waals surface area contributed by atoms with Crippen LogP contribution in [-0.4, -0.2) is 29.8 Å². The fraction of sp³-hybridized carbons (Fsp3) is 0.267. The normalized spacial score (nSPS) is 21.0. The van der Waals surface area contributed by atoms with E-state index in [9.17, 15) is 14.0 Å². The van der Waals surface area contributed by atoms with Crippen molar-refractivity contribution in [1.82, 2.24) is 4.90 Å². The molecule has 2 aliphatic heterocycles. The molecule has 3 aromatic carbocycles. The number of hydrogen-bond acceptors (Lipinski definition) is 3. The lowest BCUT2D eigenvalue weighted by molar-refractivity contribution is -0.114. The number of benzene rings is 3. The number of rotatable bonds is 4. The fourth-order valence-corrected chi connectivity index (χ4v) is 6.16. The maximum Gasteiger partial charge on any atom is 0.265 e. The quantitative estimate of drug-likeness (QED) is 0.378. The molecule has 2 unspecified atom stereocenters. The summed E-state index contributed by atoms with van der Waals surface area (Å²) in [6.45, 7) is 6.12. The van der Waals surface area contributed by atoms with Crippen LogP contribution in [0.3, 0.4) is 0 Å². The molecule has 2 atom stereocenters. The number of likely N-dealkylation sites (tertiary alicyclic amines) is 1. The van der Waals surface area contributed by atoms with Crippen molar-refractivity contribution in [2.24, 2.45) is 11.8 Å².